The monoisotopic (exact) mass is 509 g/mol. The predicted molar refractivity (Wildman–Crippen MR) is 126 cm³/mol. The molecule has 0 saturated carbocycles. The Labute approximate surface area is 201 Å². The van der Waals surface area contributed by atoms with E-state index >= 15 is 0 Å². The predicted octanol–water partition coefficient (Wildman–Crippen LogP) is 1.57. The molecular formula is C22H28N3O9P. The lowest BCUT2D eigenvalue weighted by Crippen LogP contribution is -2.36. The highest BCUT2D eigenvalue weighted by molar-refractivity contribution is 7.52. The van der Waals surface area contributed by atoms with Crippen molar-refractivity contribution in [1.29, 1.82) is 0 Å². The molecule has 3 rings (SSSR count). The summed E-state index contributed by atoms with van der Waals surface area (Å²) in [4.78, 5) is 38.3. The number of esters is 1. The van der Waals surface area contributed by atoms with E-state index in [1.165, 1.54) is 26.3 Å². The minimum atomic E-state index is -4.14. The minimum Gasteiger partial charge on any atom is -0.468 e. The second-order valence-electron chi connectivity index (χ2n) is 7.75. The number of aromatic amines is 1. The lowest BCUT2D eigenvalue weighted by Gasteiger charge is -2.24. The molecule has 1 aliphatic heterocycles. The lowest BCUT2D eigenvalue weighted by molar-refractivity contribution is -0.142. The standard InChI is InChI=1S/C22H28N3O9P/c1-4-8-15-12-25(22(29)23-20(15)27)19-11-17(26)18(33-19)13-32-35(30,24-14(2)21(28)31-3)34-16-9-6-5-7-10-16/h4-10,12,14,17-19,26H,11,13H2,1-3H3,(H,24,30)(H,23,27,29)/b8-4+/t14-,17-,18?,19?,35?/m0/s1. The molecule has 3 N–H and O–H groups in total. The first kappa shape index (κ1) is 26.6. The maximum absolute atomic E-state index is 13.4. The summed E-state index contributed by atoms with van der Waals surface area (Å²) >= 11 is 0. The fourth-order valence-electron chi connectivity index (χ4n) is 3.40. The summed E-state index contributed by atoms with van der Waals surface area (Å²) in [6, 6.07) is 7.17. The second-order valence-corrected chi connectivity index (χ2v) is 9.45. The van der Waals surface area contributed by atoms with E-state index in [9.17, 15) is 24.1 Å². The average Bonchev–Trinajstić information content (AvgIpc) is 3.19. The van der Waals surface area contributed by atoms with Crippen LogP contribution in [0.2, 0.25) is 0 Å². The highest BCUT2D eigenvalue weighted by atomic mass is 31.2. The summed E-state index contributed by atoms with van der Waals surface area (Å²) in [5.74, 6) is -0.459. The Kier molecular flexibility index (Phi) is 8.82. The number of nitrogens with one attached hydrogen (secondary N) is 2. The quantitative estimate of drug-likeness (QED) is 0.317. The van der Waals surface area contributed by atoms with Crippen molar-refractivity contribution in [3.05, 3.63) is 69.0 Å². The van der Waals surface area contributed by atoms with Crippen LogP contribution in [0.1, 0.15) is 32.1 Å². The van der Waals surface area contributed by atoms with Crippen molar-refractivity contribution in [3.8, 4) is 5.75 Å². The van der Waals surface area contributed by atoms with E-state index in [-0.39, 0.29) is 24.3 Å². The number of ether oxygens (including phenoxy) is 2. The first-order chi connectivity index (χ1) is 16.7. The van der Waals surface area contributed by atoms with Crippen LogP contribution in [-0.4, -0.2) is 52.6 Å². The molecule has 1 fully saturated rings. The first-order valence-electron chi connectivity index (χ1n) is 10.8. The highest BCUT2D eigenvalue weighted by Gasteiger charge is 2.39. The van der Waals surface area contributed by atoms with Crippen molar-refractivity contribution in [2.75, 3.05) is 13.7 Å². The van der Waals surface area contributed by atoms with Gasteiger partial charge in [-0.15, -0.1) is 0 Å². The van der Waals surface area contributed by atoms with Crippen LogP contribution < -0.4 is 20.9 Å². The molecule has 1 aromatic carbocycles. The number of nitrogens with zero attached hydrogens (tertiary/aromatic N) is 1. The first-order valence-corrected chi connectivity index (χ1v) is 12.4. The van der Waals surface area contributed by atoms with Crippen LogP contribution >= 0.6 is 7.75 Å². The number of aliphatic hydroxyl groups excluding tert-OH is 1. The van der Waals surface area contributed by atoms with Crippen LogP contribution in [0, 0.1) is 0 Å². The van der Waals surface area contributed by atoms with Crippen molar-refractivity contribution in [2.24, 2.45) is 0 Å². The fourth-order valence-corrected chi connectivity index (χ4v) is 4.90. The summed E-state index contributed by atoms with van der Waals surface area (Å²) in [6.07, 6.45) is 1.58. The van der Waals surface area contributed by atoms with Crippen molar-refractivity contribution in [3.63, 3.8) is 0 Å². The molecule has 13 heteroatoms. The van der Waals surface area contributed by atoms with Crippen LogP contribution in [0.25, 0.3) is 6.08 Å². The number of carbonyl (C=O) groups is 1. The molecule has 5 atom stereocenters. The molecule has 1 saturated heterocycles. The van der Waals surface area contributed by atoms with Gasteiger partial charge in [0, 0.05) is 12.6 Å². The Morgan fingerprint density at radius 3 is 2.74 bits per heavy atom. The second kappa shape index (κ2) is 11.6. The number of carbonyl (C=O) groups excluding carboxylic acids is 1. The molecule has 3 unspecified atom stereocenters. The van der Waals surface area contributed by atoms with E-state index in [1.807, 2.05) is 0 Å². The van der Waals surface area contributed by atoms with E-state index in [4.69, 9.17) is 13.8 Å². The molecule has 2 heterocycles. The van der Waals surface area contributed by atoms with Gasteiger partial charge in [0.25, 0.3) is 5.56 Å². The number of benzene rings is 1. The molecule has 190 valence electrons. The number of hydrogen-bond donors (Lipinski definition) is 3. The van der Waals surface area contributed by atoms with Crippen LogP contribution in [-0.2, 0) is 23.4 Å². The average molecular weight is 509 g/mol. The van der Waals surface area contributed by atoms with E-state index in [2.05, 4.69) is 14.8 Å². The molecule has 2 aromatic rings. The molecule has 12 nitrogen and oxygen atoms in total. The molecule has 0 aliphatic carbocycles. The Morgan fingerprint density at radius 1 is 1.37 bits per heavy atom. The number of methoxy groups -OCH3 is 1. The Balaban J connectivity index is 1.75. The zero-order valence-corrected chi connectivity index (χ0v) is 20.3. The third-order valence-electron chi connectivity index (χ3n) is 5.14. The van der Waals surface area contributed by atoms with Gasteiger partial charge < -0.3 is 19.1 Å². The molecule has 1 aliphatic rings. The van der Waals surface area contributed by atoms with Crippen molar-refractivity contribution < 1.29 is 33.0 Å². The summed E-state index contributed by atoms with van der Waals surface area (Å²) < 4.78 is 36.1. The summed E-state index contributed by atoms with van der Waals surface area (Å²) in [6.45, 7) is 2.77. The van der Waals surface area contributed by atoms with Gasteiger partial charge in [0.1, 0.15) is 24.1 Å². The number of aromatic nitrogens is 2. The maximum atomic E-state index is 13.4. The van der Waals surface area contributed by atoms with E-state index in [0.29, 0.717) is 0 Å². The van der Waals surface area contributed by atoms with E-state index in [0.717, 1.165) is 4.57 Å². The SMILES string of the molecule is C/C=C/c1cn(C2C[C@H](O)C(COP(=O)(N[C@@H](C)C(=O)OC)Oc3ccccc3)O2)c(=O)[nH]c1=O. The highest BCUT2D eigenvalue weighted by Crippen LogP contribution is 2.45. The zero-order chi connectivity index (χ0) is 25.6. The Hall–Kier alpha value is -3.02. The Morgan fingerprint density at radius 2 is 2.09 bits per heavy atom. The molecule has 0 amide bonds. The third kappa shape index (κ3) is 6.77. The van der Waals surface area contributed by atoms with Gasteiger partial charge in [0.05, 0.1) is 25.4 Å². The third-order valence-corrected chi connectivity index (χ3v) is 6.78. The summed E-state index contributed by atoms with van der Waals surface area (Å²) in [5, 5.41) is 13.0. The van der Waals surface area contributed by atoms with Crippen LogP contribution in [0.3, 0.4) is 0 Å². The molecule has 0 bridgehead atoms. The van der Waals surface area contributed by atoms with Gasteiger partial charge in [-0.25, -0.2) is 9.36 Å². The Bertz CT molecular complexity index is 1210. The summed E-state index contributed by atoms with van der Waals surface area (Å²) in [7, 11) is -2.95. The maximum Gasteiger partial charge on any atom is 0.459 e. The molecule has 1 aromatic heterocycles. The van der Waals surface area contributed by atoms with Gasteiger partial charge in [0.2, 0.25) is 0 Å². The number of aliphatic hydroxyl groups is 1. The topological polar surface area (TPSA) is 158 Å². The normalized spacial score (nSPS) is 22.6. The fraction of sp³-hybridized carbons (Fsp3) is 0.409. The van der Waals surface area contributed by atoms with Crippen LogP contribution in [0.15, 0.2) is 52.2 Å². The number of H-pyrrole nitrogens is 1. The van der Waals surface area contributed by atoms with Crippen molar-refractivity contribution in [2.45, 2.75) is 44.7 Å². The number of para-hydroxylation sites is 1. The van der Waals surface area contributed by atoms with E-state index in [1.54, 1.807) is 43.3 Å². The van der Waals surface area contributed by atoms with Gasteiger partial charge in [-0.2, -0.15) is 5.09 Å². The number of allylic oxidation sites excluding steroid dienone is 1. The number of rotatable bonds is 10. The van der Waals surface area contributed by atoms with Gasteiger partial charge in [-0.05, 0) is 26.0 Å². The summed E-state index contributed by atoms with van der Waals surface area (Å²) in [5.41, 5.74) is -1.01. The molecular weight excluding hydrogens is 481 g/mol. The molecule has 0 radical (unpaired) electrons. The van der Waals surface area contributed by atoms with Crippen molar-refractivity contribution >= 4 is 19.8 Å². The van der Waals surface area contributed by atoms with Crippen LogP contribution in [0.5, 0.6) is 5.75 Å². The van der Waals surface area contributed by atoms with Gasteiger partial charge >= 0.3 is 19.4 Å². The zero-order valence-electron chi connectivity index (χ0n) is 19.5. The van der Waals surface area contributed by atoms with Gasteiger partial charge in [-0.1, -0.05) is 30.4 Å². The van der Waals surface area contributed by atoms with Crippen molar-refractivity contribution in [1.82, 2.24) is 14.6 Å². The van der Waals surface area contributed by atoms with Crippen LogP contribution in [0.4, 0.5) is 0 Å². The minimum absolute atomic E-state index is 0.0189. The molecule has 0 spiro atoms. The molecule has 35 heavy (non-hydrogen) atoms. The lowest BCUT2D eigenvalue weighted by atomic mass is 10.2. The van der Waals surface area contributed by atoms with Gasteiger partial charge in [0.15, 0.2) is 0 Å². The largest absolute Gasteiger partial charge is 0.468 e. The van der Waals surface area contributed by atoms with Gasteiger partial charge in [-0.3, -0.25) is 23.7 Å². The smallest absolute Gasteiger partial charge is 0.459 e. The number of hydrogen-bond acceptors (Lipinski definition) is 9. The van der Waals surface area contributed by atoms with E-state index < -0.39 is 49.4 Å².